The second-order valence-electron chi connectivity index (χ2n) is 10.2. The standard InChI is InChI=1S/C31H41N5O3S/c1-5-7-11-23(17-32-3)18-33-19-29(37)27(14-22-12-9-8-10-13-22)34-31(38)25-15-26-24(6-2)20-36-21-40(39)35(4)28(16-25)30(26)36/h8-13,15-17,20,27,29,33,37H,5-7,14,18-19,21H2,1-4H3,(H,34,38)/b23-11+,32-17?. The van der Waals surface area contributed by atoms with Gasteiger partial charge in [-0.25, -0.2) is 4.21 Å². The third-order valence-electron chi connectivity index (χ3n) is 7.32. The van der Waals surface area contributed by atoms with Gasteiger partial charge in [0.15, 0.2) is 0 Å². The van der Waals surface area contributed by atoms with Crippen LogP contribution in [0.25, 0.3) is 10.9 Å². The maximum absolute atomic E-state index is 13.7. The normalized spacial score (nSPS) is 17.0. The van der Waals surface area contributed by atoms with Crippen LogP contribution in [0.5, 0.6) is 0 Å². The number of carbonyl (C=O) groups is 1. The topological polar surface area (TPSA) is 99.0 Å². The molecular formula is C31H41N5O3S. The van der Waals surface area contributed by atoms with E-state index in [9.17, 15) is 14.1 Å². The fraction of sp³-hybridized carbons (Fsp3) is 0.419. The van der Waals surface area contributed by atoms with Crippen molar-refractivity contribution in [2.45, 2.75) is 57.6 Å². The smallest absolute Gasteiger partial charge is 0.251 e. The van der Waals surface area contributed by atoms with E-state index in [4.69, 9.17) is 0 Å². The Labute approximate surface area is 239 Å². The highest BCUT2D eigenvalue weighted by molar-refractivity contribution is 7.85. The van der Waals surface area contributed by atoms with Crippen LogP contribution in [-0.2, 0) is 29.7 Å². The average molecular weight is 564 g/mol. The lowest BCUT2D eigenvalue weighted by atomic mass is 9.99. The number of hydrogen-bond acceptors (Lipinski definition) is 5. The van der Waals surface area contributed by atoms with Gasteiger partial charge in [0.2, 0.25) is 0 Å². The molecule has 1 aromatic heterocycles. The van der Waals surface area contributed by atoms with Gasteiger partial charge in [-0.2, -0.15) is 0 Å². The van der Waals surface area contributed by atoms with Crippen LogP contribution in [0.4, 0.5) is 5.69 Å². The summed E-state index contributed by atoms with van der Waals surface area (Å²) in [6, 6.07) is 13.1. The Morgan fingerprint density at radius 2 is 2.00 bits per heavy atom. The molecule has 0 spiro atoms. The molecule has 4 rings (SSSR count). The van der Waals surface area contributed by atoms with Gasteiger partial charge in [0, 0.05) is 50.5 Å². The largest absolute Gasteiger partial charge is 0.390 e. The van der Waals surface area contributed by atoms with Gasteiger partial charge in [-0.3, -0.25) is 14.1 Å². The Morgan fingerprint density at radius 1 is 1.23 bits per heavy atom. The van der Waals surface area contributed by atoms with Crippen LogP contribution < -0.4 is 14.9 Å². The number of unbranched alkanes of at least 4 members (excludes halogenated alkanes) is 1. The molecule has 1 aliphatic heterocycles. The first-order chi connectivity index (χ1) is 19.4. The van der Waals surface area contributed by atoms with Crippen molar-refractivity contribution in [2.24, 2.45) is 4.99 Å². The first-order valence-corrected chi connectivity index (χ1v) is 15.3. The van der Waals surface area contributed by atoms with E-state index in [-0.39, 0.29) is 5.91 Å². The molecule has 3 atom stereocenters. The van der Waals surface area contributed by atoms with Gasteiger partial charge in [-0.15, -0.1) is 0 Å². The summed E-state index contributed by atoms with van der Waals surface area (Å²) in [5, 5.41) is 18.7. The van der Waals surface area contributed by atoms with Crippen molar-refractivity contribution >= 4 is 39.7 Å². The van der Waals surface area contributed by atoms with Gasteiger partial charge in [-0.1, -0.05) is 56.7 Å². The molecule has 3 unspecified atom stereocenters. The van der Waals surface area contributed by atoms with Crippen molar-refractivity contribution in [3.05, 3.63) is 77.0 Å². The number of aryl methyl sites for hydroxylation is 1. The van der Waals surface area contributed by atoms with Crippen LogP contribution in [0.3, 0.4) is 0 Å². The zero-order chi connectivity index (χ0) is 28.6. The van der Waals surface area contributed by atoms with E-state index in [1.165, 1.54) is 0 Å². The van der Waals surface area contributed by atoms with Crippen LogP contribution in [0.1, 0.15) is 48.2 Å². The van der Waals surface area contributed by atoms with Crippen molar-refractivity contribution in [1.29, 1.82) is 0 Å². The van der Waals surface area contributed by atoms with E-state index in [2.05, 4.69) is 35.5 Å². The highest BCUT2D eigenvalue weighted by atomic mass is 32.2. The maximum Gasteiger partial charge on any atom is 0.251 e. The molecule has 3 N–H and O–H groups in total. The number of allylic oxidation sites excluding steroid dienone is 1. The zero-order valence-electron chi connectivity index (χ0n) is 23.9. The van der Waals surface area contributed by atoms with Crippen LogP contribution in [0.15, 0.2) is 65.3 Å². The Balaban J connectivity index is 1.56. The molecule has 9 heteroatoms. The molecular weight excluding hydrogens is 522 g/mol. The Bertz CT molecular complexity index is 1400. The second kappa shape index (κ2) is 13.9. The van der Waals surface area contributed by atoms with Crippen LogP contribution in [0, 0.1) is 0 Å². The van der Waals surface area contributed by atoms with E-state index >= 15 is 0 Å². The molecule has 1 aliphatic rings. The minimum atomic E-state index is -1.22. The number of aliphatic hydroxyl groups excluding tert-OH is 1. The predicted octanol–water partition coefficient (Wildman–Crippen LogP) is 3.99. The van der Waals surface area contributed by atoms with Gasteiger partial charge in [-0.05, 0) is 48.1 Å². The predicted molar refractivity (Wildman–Crippen MR) is 166 cm³/mol. The first kappa shape index (κ1) is 29.7. The number of nitrogens with zero attached hydrogens (tertiary/aromatic N) is 3. The fourth-order valence-corrected chi connectivity index (χ4v) is 6.11. The summed E-state index contributed by atoms with van der Waals surface area (Å²) in [4.78, 5) is 17.8. The summed E-state index contributed by atoms with van der Waals surface area (Å²) >= 11 is 0. The molecule has 0 bridgehead atoms. The van der Waals surface area contributed by atoms with Gasteiger partial charge in [0.05, 0.1) is 23.3 Å². The van der Waals surface area contributed by atoms with E-state index in [1.54, 1.807) is 18.4 Å². The van der Waals surface area contributed by atoms with Gasteiger partial charge in [0.25, 0.3) is 5.91 Å². The molecule has 0 fully saturated rings. The van der Waals surface area contributed by atoms with Gasteiger partial charge >= 0.3 is 0 Å². The van der Waals surface area contributed by atoms with E-state index in [1.807, 2.05) is 59.4 Å². The minimum Gasteiger partial charge on any atom is -0.390 e. The number of aliphatic hydroxyl groups is 1. The van der Waals surface area contributed by atoms with Gasteiger partial charge in [0.1, 0.15) is 16.9 Å². The third-order valence-corrected chi connectivity index (χ3v) is 8.63. The summed E-state index contributed by atoms with van der Waals surface area (Å²) < 4.78 is 16.5. The summed E-state index contributed by atoms with van der Waals surface area (Å²) in [6.45, 7) is 5.11. The number of benzene rings is 2. The molecule has 214 valence electrons. The van der Waals surface area contributed by atoms with Gasteiger partial charge < -0.3 is 20.3 Å². The summed E-state index contributed by atoms with van der Waals surface area (Å²) in [7, 11) is 2.33. The molecule has 3 aromatic rings. The first-order valence-electron chi connectivity index (χ1n) is 14.0. The zero-order valence-corrected chi connectivity index (χ0v) is 24.7. The fourth-order valence-electron chi connectivity index (χ4n) is 5.13. The summed E-state index contributed by atoms with van der Waals surface area (Å²) in [5.41, 5.74) is 5.48. The minimum absolute atomic E-state index is 0.265. The molecule has 40 heavy (non-hydrogen) atoms. The quantitative estimate of drug-likeness (QED) is 0.274. The monoisotopic (exact) mass is 563 g/mol. The molecule has 0 radical (unpaired) electrons. The molecule has 2 aromatic carbocycles. The molecule has 0 saturated heterocycles. The van der Waals surface area contributed by atoms with E-state index < -0.39 is 23.1 Å². The number of nitrogens with one attached hydrogen (secondary N) is 2. The maximum atomic E-state index is 13.7. The van der Waals surface area contributed by atoms with Crippen molar-refractivity contribution in [3.63, 3.8) is 0 Å². The van der Waals surface area contributed by atoms with Crippen LogP contribution in [0.2, 0.25) is 0 Å². The molecule has 2 heterocycles. The number of aromatic nitrogens is 1. The van der Waals surface area contributed by atoms with Crippen molar-refractivity contribution in [3.8, 4) is 0 Å². The SMILES string of the molecule is CCC/C=C(\C=NC)CNCC(O)C(Cc1ccccc1)NC(=O)c1cc2c3c(c1)c(CC)cn3CS(=O)N2C. The molecule has 1 amide bonds. The van der Waals surface area contributed by atoms with Crippen molar-refractivity contribution in [2.75, 3.05) is 31.5 Å². The Kier molecular flexibility index (Phi) is 10.3. The number of rotatable bonds is 13. The number of anilines is 1. The van der Waals surface area contributed by atoms with Crippen LogP contribution >= 0.6 is 0 Å². The van der Waals surface area contributed by atoms with E-state index in [0.717, 1.165) is 52.6 Å². The second-order valence-corrected chi connectivity index (χ2v) is 11.7. The number of aliphatic imine (C=N–C) groups is 1. The average Bonchev–Trinajstić information content (AvgIpc) is 3.32. The third kappa shape index (κ3) is 6.89. The highest BCUT2D eigenvalue weighted by Crippen LogP contribution is 2.36. The van der Waals surface area contributed by atoms with Crippen molar-refractivity contribution in [1.82, 2.24) is 15.2 Å². The summed E-state index contributed by atoms with van der Waals surface area (Å²) in [6.07, 6.45) is 8.53. The summed E-state index contributed by atoms with van der Waals surface area (Å²) in [5.74, 6) is 0.142. The molecule has 8 nitrogen and oxygen atoms in total. The number of amides is 1. The Hall–Kier alpha value is -3.27. The Morgan fingerprint density at radius 3 is 2.70 bits per heavy atom. The van der Waals surface area contributed by atoms with Crippen molar-refractivity contribution < 1.29 is 14.1 Å². The number of carbonyl (C=O) groups excluding carboxylic acids is 1. The highest BCUT2D eigenvalue weighted by Gasteiger charge is 2.27. The lowest BCUT2D eigenvalue weighted by Gasteiger charge is -2.27. The molecule has 0 aliphatic carbocycles. The number of hydrogen-bond donors (Lipinski definition) is 3. The lowest BCUT2D eigenvalue weighted by molar-refractivity contribution is 0.0832. The van der Waals surface area contributed by atoms with Crippen LogP contribution in [-0.4, -0.2) is 65.3 Å². The molecule has 0 saturated carbocycles. The van der Waals surface area contributed by atoms with E-state index in [0.29, 0.717) is 31.0 Å². The lowest BCUT2D eigenvalue weighted by Crippen LogP contribution is -2.49.